The van der Waals surface area contributed by atoms with Crippen LogP contribution in [-0.2, 0) is 17.9 Å². The minimum Gasteiger partial charge on any atom is -0.494 e. The lowest BCUT2D eigenvalue weighted by molar-refractivity contribution is -0.119. The zero-order valence-electron chi connectivity index (χ0n) is 16.8. The highest BCUT2D eigenvalue weighted by atomic mass is 19.1. The van der Waals surface area contributed by atoms with E-state index in [1.54, 1.807) is 18.2 Å². The third-order valence-corrected chi connectivity index (χ3v) is 5.02. The Hall–Kier alpha value is -2.93. The van der Waals surface area contributed by atoms with Crippen LogP contribution in [0.1, 0.15) is 28.4 Å². The molecule has 1 N–H and O–H groups in total. The summed E-state index contributed by atoms with van der Waals surface area (Å²) in [4.78, 5) is 27.8. The first-order valence-corrected chi connectivity index (χ1v) is 9.63. The molecule has 0 unspecified atom stereocenters. The second-order valence-corrected chi connectivity index (χ2v) is 7.14. The van der Waals surface area contributed by atoms with Gasteiger partial charge in [-0.25, -0.2) is 4.39 Å². The number of carbonyl (C=O) groups is 2. The molecule has 1 saturated heterocycles. The van der Waals surface area contributed by atoms with Crippen LogP contribution >= 0.6 is 0 Å². The number of hydrogen-bond donors (Lipinski definition) is 1. The molecule has 3 rings (SSSR count). The molecule has 0 atom stereocenters. The molecule has 1 aliphatic rings. The third-order valence-electron chi connectivity index (χ3n) is 5.02. The van der Waals surface area contributed by atoms with Gasteiger partial charge in [-0.3, -0.25) is 14.5 Å². The van der Waals surface area contributed by atoms with Crippen LogP contribution in [0.3, 0.4) is 0 Å². The molecule has 1 aliphatic heterocycles. The molecule has 0 bridgehead atoms. The van der Waals surface area contributed by atoms with Gasteiger partial charge in [0.15, 0.2) is 11.6 Å². The molecule has 2 amide bonds. The van der Waals surface area contributed by atoms with Crippen molar-refractivity contribution in [2.24, 2.45) is 0 Å². The maximum absolute atomic E-state index is 13.9. The van der Waals surface area contributed by atoms with Crippen molar-refractivity contribution in [3.63, 3.8) is 0 Å². The van der Waals surface area contributed by atoms with E-state index < -0.39 is 0 Å². The predicted octanol–water partition coefficient (Wildman–Crippen LogP) is 2.43. The lowest BCUT2D eigenvalue weighted by atomic mass is 10.1. The summed E-state index contributed by atoms with van der Waals surface area (Å²) in [7, 11) is 1.45. The Bertz CT molecular complexity index is 862. The van der Waals surface area contributed by atoms with E-state index in [2.05, 4.69) is 10.2 Å². The molecule has 1 heterocycles. The Morgan fingerprint density at radius 3 is 2.28 bits per heavy atom. The summed E-state index contributed by atoms with van der Waals surface area (Å²) in [6.07, 6.45) is 0. The van der Waals surface area contributed by atoms with Gasteiger partial charge in [-0.2, -0.15) is 0 Å². The van der Waals surface area contributed by atoms with Gasteiger partial charge in [-0.1, -0.05) is 18.2 Å². The molecule has 0 radical (unpaired) electrons. The van der Waals surface area contributed by atoms with Gasteiger partial charge in [0.25, 0.3) is 5.91 Å². The quantitative estimate of drug-likeness (QED) is 0.811. The molecule has 154 valence electrons. The lowest BCUT2D eigenvalue weighted by Crippen LogP contribution is -2.48. The number of nitrogens with one attached hydrogen (secondary N) is 1. The molecule has 7 heteroatoms. The van der Waals surface area contributed by atoms with Crippen LogP contribution in [0.25, 0.3) is 0 Å². The summed E-state index contributed by atoms with van der Waals surface area (Å²) in [6, 6.07) is 12.3. The molecule has 0 saturated carbocycles. The first-order chi connectivity index (χ1) is 14.0. The number of ether oxygens (including phenoxy) is 1. The van der Waals surface area contributed by atoms with Crippen molar-refractivity contribution >= 4 is 11.8 Å². The summed E-state index contributed by atoms with van der Waals surface area (Å²) in [5.41, 5.74) is 2.48. The number of carbonyl (C=O) groups excluding carboxylic acids is 2. The second-order valence-electron chi connectivity index (χ2n) is 7.14. The number of hydrogen-bond acceptors (Lipinski definition) is 4. The maximum atomic E-state index is 13.9. The molecule has 29 heavy (non-hydrogen) atoms. The van der Waals surface area contributed by atoms with Crippen molar-refractivity contribution in [3.8, 4) is 5.75 Å². The van der Waals surface area contributed by atoms with E-state index in [0.717, 1.165) is 24.2 Å². The van der Waals surface area contributed by atoms with E-state index >= 15 is 0 Å². The zero-order valence-corrected chi connectivity index (χ0v) is 16.8. The van der Waals surface area contributed by atoms with E-state index in [1.165, 1.54) is 20.1 Å². The van der Waals surface area contributed by atoms with Crippen LogP contribution in [0.2, 0.25) is 0 Å². The van der Waals surface area contributed by atoms with Gasteiger partial charge in [-0.15, -0.1) is 0 Å². The maximum Gasteiger partial charge on any atom is 0.253 e. The van der Waals surface area contributed by atoms with Crippen LogP contribution in [0.5, 0.6) is 5.75 Å². The van der Waals surface area contributed by atoms with E-state index in [4.69, 9.17) is 4.74 Å². The molecular formula is C22H26FN3O3. The van der Waals surface area contributed by atoms with E-state index in [0.29, 0.717) is 31.7 Å². The second kappa shape index (κ2) is 9.52. The van der Waals surface area contributed by atoms with Crippen molar-refractivity contribution in [1.82, 2.24) is 15.1 Å². The number of halogens is 1. The van der Waals surface area contributed by atoms with Crippen molar-refractivity contribution in [2.75, 3.05) is 33.3 Å². The Balaban J connectivity index is 1.51. The Kier molecular flexibility index (Phi) is 6.82. The summed E-state index contributed by atoms with van der Waals surface area (Å²) in [5, 5.41) is 2.74. The van der Waals surface area contributed by atoms with Gasteiger partial charge in [0.05, 0.1) is 7.11 Å². The Morgan fingerprint density at radius 1 is 1.03 bits per heavy atom. The SMILES string of the molecule is COc1ccc(CN2CCN(C(=O)c3ccc(CNC(C)=O)cc3)CC2)cc1F. The van der Waals surface area contributed by atoms with E-state index in [1.807, 2.05) is 23.1 Å². The smallest absolute Gasteiger partial charge is 0.253 e. The van der Waals surface area contributed by atoms with Crippen molar-refractivity contribution in [1.29, 1.82) is 0 Å². The molecule has 0 aliphatic carbocycles. The molecule has 0 spiro atoms. The molecule has 6 nitrogen and oxygen atoms in total. The molecule has 2 aromatic carbocycles. The fraction of sp³-hybridized carbons (Fsp3) is 0.364. The summed E-state index contributed by atoms with van der Waals surface area (Å²) < 4.78 is 18.8. The van der Waals surface area contributed by atoms with Crippen LogP contribution in [0.15, 0.2) is 42.5 Å². The first kappa shape index (κ1) is 20.8. The van der Waals surface area contributed by atoms with Gasteiger partial charge in [0.1, 0.15) is 0 Å². The van der Waals surface area contributed by atoms with Crippen molar-refractivity contribution < 1.29 is 18.7 Å². The number of nitrogens with zero attached hydrogens (tertiary/aromatic N) is 2. The fourth-order valence-corrected chi connectivity index (χ4v) is 3.35. The normalized spacial score (nSPS) is 14.5. The third kappa shape index (κ3) is 5.54. The van der Waals surface area contributed by atoms with Gasteiger partial charge < -0.3 is 15.0 Å². The predicted molar refractivity (Wildman–Crippen MR) is 108 cm³/mol. The van der Waals surface area contributed by atoms with E-state index in [9.17, 15) is 14.0 Å². The summed E-state index contributed by atoms with van der Waals surface area (Å²) in [5.74, 6) is -0.195. The molecule has 1 fully saturated rings. The highest BCUT2D eigenvalue weighted by Crippen LogP contribution is 2.19. The Labute approximate surface area is 170 Å². The topological polar surface area (TPSA) is 61.9 Å². The molecule has 0 aromatic heterocycles. The van der Waals surface area contributed by atoms with E-state index in [-0.39, 0.29) is 23.4 Å². The highest BCUT2D eigenvalue weighted by molar-refractivity contribution is 5.94. The summed E-state index contributed by atoms with van der Waals surface area (Å²) >= 11 is 0. The summed E-state index contributed by atoms with van der Waals surface area (Å²) in [6.45, 7) is 5.30. The monoisotopic (exact) mass is 399 g/mol. The zero-order chi connectivity index (χ0) is 20.8. The standard InChI is InChI=1S/C22H26FN3O3/c1-16(27)24-14-17-3-6-19(7-4-17)22(28)26-11-9-25(10-12-26)15-18-5-8-21(29-2)20(23)13-18/h3-8,13H,9-12,14-15H2,1-2H3,(H,24,27). The number of amides is 2. The number of methoxy groups -OCH3 is 1. The molecule has 2 aromatic rings. The van der Waals surface area contributed by atoms with Crippen LogP contribution in [-0.4, -0.2) is 54.9 Å². The van der Waals surface area contributed by atoms with Gasteiger partial charge in [-0.05, 0) is 35.4 Å². The minimum absolute atomic E-state index is 0.00576. The largest absolute Gasteiger partial charge is 0.494 e. The van der Waals surface area contributed by atoms with Gasteiger partial charge in [0.2, 0.25) is 5.91 Å². The van der Waals surface area contributed by atoms with Gasteiger partial charge in [0, 0.05) is 51.8 Å². The number of benzene rings is 2. The van der Waals surface area contributed by atoms with Crippen LogP contribution in [0.4, 0.5) is 4.39 Å². The van der Waals surface area contributed by atoms with Gasteiger partial charge >= 0.3 is 0 Å². The van der Waals surface area contributed by atoms with Crippen LogP contribution < -0.4 is 10.1 Å². The Morgan fingerprint density at radius 2 is 1.69 bits per heavy atom. The average molecular weight is 399 g/mol. The first-order valence-electron chi connectivity index (χ1n) is 9.63. The van der Waals surface area contributed by atoms with Crippen molar-refractivity contribution in [3.05, 3.63) is 65.0 Å². The lowest BCUT2D eigenvalue weighted by Gasteiger charge is -2.34. The average Bonchev–Trinajstić information content (AvgIpc) is 2.73. The molecular weight excluding hydrogens is 373 g/mol. The minimum atomic E-state index is -0.360. The fourth-order valence-electron chi connectivity index (χ4n) is 3.35. The van der Waals surface area contributed by atoms with Crippen LogP contribution in [0, 0.1) is 5.82 Å². The van der Waals surface area contributed by atoms with Crippen molar-refractivity contribution in [2.45, 2.75) is 20.0 Å². The highest BCUT2D eigenvalue weighted by Gasteiger charge is 2.22. The number of piperazine rings is 1. The number of rotatable bonds is 6.